The summed E-state index contributed by atoms with van der Waals surface area (Å²) in [6.07, 6.45) is 5.42. The molecule has 18 heavy (non-hydrogen) atoms. The molecule has 2 nitrogen and oxygen atoms in total. The highest BCUT2D eigenvalue weighted by atomic mass is 16.1. The minimum atomic E-state index is 0.438. The summed E-state index contributed by atoms with van der Waals surface area (Å²) < 4.78 is 0. The molecule has 1 aliphatic carbocycles. The molecule has 0 bridgehead atoms. The zero-order valence-electron chi connectivity index (χ0n) is 12.8. The van der Waals surface area contributed by atoms with Crippen LogP contribution in [0.2, 0.25) is 0 Å². The van der Waals surface area contributed by atoms with E-state index in [-0.39, 0.29) is 0 Å². The van der Waals surface area contributed by atoms with Gasteiger partial charge < -0.3 is 0 Å². The monoisotopic (exact) mass is 251 g/mol. The second-order valence-electron chi connectivity index (χ2n) is 8.15. The third-order valence-electron chi connectivity index (χ3n) is 4.74. The predicted molar refractivity (Wildman–Crippen MR) is 75.6 cm³/mol. The molecule has 1 heterocycles. The van der Waals surface area contributed by atoms with Crippen LogP contribution in [0.25, 0.3) is 0 Å². The maximum absolute atomic E-state index is 11.5. The van der Waals surface area contributed by atoms with Gasteiger partial charge in [-0.05, 0) is 37.0 Å². The zero-order valence-corrected chi connectivity index (χ0v) is 12.8. The van der Waals surface area contributed by atoms with Gasteiger partial charge in [-0.3, -0.25) is 9.69 Å². The Kier molecular flexibility index (Phi) is 3.61. The van der Waals surface area contributed by atoms with E-state index in [1.807, 2.05) is 0 Å². The van der Waals surface area contributed by atoms with Gasteiger partial charge in [-0.2, -0.15) is 0 Å². The average Bonchev–Trinajstić information content (AvgIpc) is 2.11. The summed E-state index contributed by atoms with van der Waals surface area (Å²) in [5, 5.41) is 0. The molecular weight excluding hydrogens is 222 g/mol. The summed E-state index contributed by atoms with van der Waals surface area (Å²) in [7, 11) is 0. The van der Waals surface area contributed by atoms with E-state index in [0.717, 1.165) is 19.4 Å². The Labute approximate surface area is 112 Å². The lowest BCUT2D eigenvalue weighted by atomic mass is 9.63. The Morgan fingerprint density at radius 1 is 1.11 bits per heavy atom. The van der Waals surface area contributed by atoms with Gasteiger partial charge in [0, 0.05) is 31.5 Å². The van der Waals surface area contributed by atoms with Crippen LogP contribution in [0.4, 0.5) is 0 Å². The van der Waals surface area contributed by atoms with Crippen molar-refractivity contribution in [3.8, 4) is 0 Å². The van der Waals surface area contributed by atoms with Crippen LogP contribution in [0.15, 0.2) is 0 Å². The third kappa shape index (κ3) is 3.14. The molecule has 0 radical (unpaired) electrons. The van der Waals surface area contributed by atoms with Gasteiger partial charge in [0.15, 0.2) is 0 Å². The van der Waals surface area contributed by atoms with Gasteiger partial charge >= 0.3 is 0 Å². The molecule has 0 aromatic heterocycles. The van der Waals surface area contributed by atoms with Crippen LogP contribution in [-0.4, -0.2) is 29.3 Å². The van der Waals surface area contributed by atoms with Crippen LogP contribution < -0.4 is 0 Å². The first kappa shape index (κ1) is 14.0. The van der Waals surface area contributed by atoms with Crippen LogP contribution in [0, 0.1) is 10.8 Å². The Hall–Kier alpha value is -0.370. The number of Topliss-reactive ketones (excluding diaryl/α,β-unsaturated/α-hetero) is 1. The molecule has 0 aromatic rings. The SMILES string of the molecule is CC1CC(=O)CCN1C1CC(C)(C)CC(C)(C)C1. The number of carbonyl (C=O) groups excluding carboxylic acids is 1. The highest BCUT2D eigenvalue weighted by Crippen LogP contribution is 2.47. The Morgan fingerprint density at radius 3 is 2.17 bits per heavy atom. The van der Waals surface area contributed by atoms with Crippen LogP contribution in [0.1, 0.15) is 66.7 Å². The van der Waals surface area contributed by atoms with E-state index >= 15 is 0 Å². The van der Waals surface area contributed by atoms with E-state index in [0.29, 0.717) is 28.7 Å². The van der Waals surface area contributed by atoms with Crippen LogP contribution in [0.5, 0.6) is 0 Å². The molecule has 1 atom stereocenters. The van der Waals surface area contributed by atoms with Crippen molar-refractivity contribution in [1.29, 1.82) is 0 Å². The van der Waals surface area contributed by atoms with Crippen molar-refractivity contribution < 1.29 is 4.79 Å². The van der Waals surface area contributed by atoms with Crippen LogP contribution in [0.3, 0.4) is 0 Å². The fourth-order valence-electron chi connectivity index (χ4n) is 4.59. The largest absolute Gasteiger partial charge is 0.300 e. The average molecular weight is 251 g/mol. The molecule has 1 saturated heterocycles. The van der Waals surface area contributed by atoms with Crippen molar-refractivity contribution in [2.75, 3.05) is 6.54 Å². The highest BCUT2D eigenvalue weighted by molar-refractivity contribution is 5.79. The summed E-state index contributed by atoms with van der Waals surface area (Å²) >= 11 is 0. The molecule has 0 aromatic carbocycles. The van der Waals surface area contributed by atoms with Crippen molar-refractivity contribution in [1.82, 2.24) is 4.90 Å². The second kappa shape index (κ2) is 4.63. The van der Waals surface area contributed by atoms with Crippen LogP contribution in [-0.2, 0) is 4.79 Å². The number of piperidine rings is 1. The van der Waals surface area contributed by atoms with E-state index < -0.39 is 0 Å². The van der Waals surface area contributed by atoms with Gasteiger partial charge in [-0.1, -0.05) is 27.7 Å². The lowest BCUT2D eigenvalue weighted by Gasteiger charge is -2.50. The molecule has 1 unspecified atom stereocenters. The summed E-state index contributed by atoms with van der Waals surface area (Å²) in [5.74, 6) is 0.452. The Bertz CT molecular complexity index is 316. The van der Waals surface area contributed by atoms with Crippen molar-refractivity contribution >= 4 is 5.78 Å². The number of likely N-dealkylation sites (tertiary alicyclic amines) is 1. The van der Waals surface area contributed by atoms with E-state index in [4.69, 9.17) is 0 Å². The molecule has 2 aliphatic rings. The number of ketones is 1. The van der Waals surface area contributed by atoms with Gasteiger partial charge in [-0.15, -0.1) is 0 Å². The zero-order chi connectivity index (χ0) is 13.6. The van der Waals surface area contributed by atoms with E-state index in [1.54, 1.807) is 0 Å². The Morgan fingerprint density at radius 2 is 1.67 bits per heavy atom. The molecule has 0 spiro atoms. The number of hydrogen-bond donors (Lipinski definition) is 0. The number of nitrogens with zero attached hydrogens (tertiary/aromatic N) is 1. The predicted octanol–water partition coefficient (Wildman–Crippen LogP) is 3.64. The molecule has 2 fully saturated rings. The smallest absolute Gasteiger partial charge is 0.135 e. The summed E-state index contributed by atoms with van der Waals surface area (Å²) in [4.78, 5) is 14.1. The molecule has 1 aliphatic heterocycles. The van der Waals surface area contributed by atoms with Gasteiger partial charge in [0.2, 0.25) is 0 Å². The molecule has 0 N–H and O–H groups in total. The highest BCUT2D eigenvalue weighted by Gasteiger charge is 2.42. The van der Waals surface area contributed by atoms with Crippen molar-refractivity contribution in [2.45, 2.75) is 78.8 Å². The second-order valence-corrected chi connectivity index (χ2v) is 8.15. The lowest BCUT2D eigenvalue weighted by molar-refractivity contribution is -0.124. The van der Waals surface area contributed by atoms with Gasteiger partial charge in [0.25, 0.3) is 0 Å². The van der Waals surface area contributed by atoms with Gasteiger partial charge in [-0.25, -0.2) is 0 Å². The molecule has 1 saturated carbocycles. The lowest BCUT2D eigenvalue weighted by Crippen LogP contribution is -2.52. The fourth-order valence-corrected chi connectivity index (χ4v) is 4.59. The minimum Gasteiger partial charge on any atom is -0.300 e. The molecular formula is C16H29NO. The first-order valence-corrected chi connectivity index (χ1v) is 7.46. The maximum atomic E-state index is 11.5. The van der Waals surface area contributed by atoms with E-state index in [9.17, 15) is 4.79 Å². The third-order valence-corrected chi connectivity index (χ3v) is 4.74. The van der Waals surface area contributed by atoms with Gasteiger partial charge in [0.1, 0.15) is 5.78 Å². The Balaban J connectivity index is 2.10. The first-order valence-electron chi connectivity index (χ1n) is 7.46. The van der Waals surface area contributed by atoms with E-state index in [1.165, 1.54) is 19.3 Å². The van der Waals surface area contributed by atoms with Gasteiger partial charge in [0.05, 0.1) is 0 Å². The summed E-state index contributed by atoms with van der Waals surface area (Å²) in [6.45, 7) is 12.8. The molecule has 2 rings (SSSR count). The standard InChI is InChI=1S/C16H29NO/c1-12-8-14(18)6-7-17(12)13-9-15(2,3)11-16(4,5)10-13/h12-13H,6-11H2,1-5H3. The van der Waals surface area contributed by atoms with Crippen molar-refractivity contribution in [3.63, 3.8) is 0 Å². The number of hydrogen-bond acceptors (Lipinski definition) is 2. The molecule has 2 heteroatoms. The minimum absolute atomic E-state index is 0.438. The van der Waals surface area contributed by atoms with Crippen molar-refractivity contribution in [3.05, 3.63) is 0 Å². The van der Waals surface area contributed by atoms with E-state index in [2.05, 4.69) is 39.5 Å². The quantitative estimate of drug-likeness (QED) is 0.709. The summed E-state index contributed by atoms with van der Waals surface area (Å²) in [5.41, 5.74) is 0.876. The summed E-state index contributed by atoms with van der Waals surface area (Å²) in [6, 6.07) is 1.12. The molecule has 0 amide bonds. The van der Waals surface area contributed by atoms with Crippen LogP contribution >= 0.6 is 0 Å². The topological polar surface area (TPSA) is 20.3 Å². The number of rotatable bonds is 1. The molecule has 104 valence electrons. The normalized spacial score (nSPS) is 33.6. The first-order chi connectivity index (χ1) is 8.19. The fraction of sp³-hybridized carbons (Fsp3) is 0.938. The maximum Gasteiger partial charge on any atom is 0.135 e. The number of carbonyl (C=O) groups is 1. The van der Waals surface area contributed by atoms with Crippen molar-refractivity contribution in [2.24, 2.45) is 10.8 Å².